The number of rotatable bonds is 2. The van der Waals surface area contributed by atoms with Crippen molar-refractivity contribution in [3.8, 4) is 0 Å². The Labute approximate surface area is 80.8 Å². The summed E-state index contributed by atoms with van der Waals surface area (Å²) in [6.07, 6.45) is 2.45. The van der Waals surface area contributed by atoms with E-state index in [-0.39, 0.29) is 12.2 Å². The standard InChI is InChI=1S/C9H11NO2S/c1-6-5-13-9(10-6)8-3-2-7(4-11)12-8/h4-5,7-8H,2-3H2,1H3. The van der Waals surface area contributed by atoms with Crippen LogP contribution in [-0.4, -0.2) is 17.4 Å². The van der Waals surface area contributed by atoms with Crippen LogP contribution < -0.4 is 0 Å². The van der Waals surface area contributed by atoms with E-state index in [0.29, 0.717) is 0 Å². The maximum atomic E-state index is 10.4. The Balaban J connectivity index is 2.07. The van der Waals surface area contributed by atoms with Crippen LogP contribution in [0.4, 0.5) is 0 Å². The molecule has 2 heterocycles. The van der Waals surface area contributed by atoms with Crippen molar-refractivity contribution in [2.45, 2.75) is 32.0 Å². The van der Waals surface area contributed by atoms with E-state index in [4.69, 9.17) is 4.74 Å². The van der Waals surface area contributed by atoms with E-state index in [0.717, 1.165) is 29.8 Å². The molecule has 1 aromatic heterocycles. The highest BCUT2D eigenvalue weighted by Crippen LogP contribution is 2.33. The third kappa shape index (κ3) is 1.78. The molecule has 1 aliphatic heterocycles. The third-order valence-corrected chi connectivity index (χ3v) is 3.17. The number of carbonyl (C=O) groups excluding carboxylic acids is 1. The van der Waals surface area contributed by atoms with Crippen LogP contribution in [0.3, 0.4) is 0 Å². The highest BCUT2D eigenvalue weighted by molar-refractivity contribution is 7.09. The molecule has 2 unspecified atom stereocenters. The number of aldehydes is 1. The van der Waals surface area contributed by atoms with E-state index in [1.54, 1.807) is 11.3 Å². The zero-order chi connectivity index (χ0) is 9.26. The monoisotopic (exact) mass is 197 g/mol. The van der Waals surface area contributed by atoms with E-state index in [1.165, 1.54) is 0 Å². The van der Waals surface area contributed by atoms with Crippen molar-refractivity contribution in [2.24, 2.45) is 0 Å². The normalized spacial score (nSPS) is 27.8. The summed E-state index contributed by atoms with van der Waals surface area (Å²) < 4.78 is 5.49. The maximum Gasteiger partial charge on any atom is 0.148 e. The van der Waals surface area contributed by atoms with Crippen molar-refractivity contribution in [3.05, 3.63) is 16.1 Å². The lowest BCUT2D eigenvalue weighted by Crippen LogP contribution is -2.07. The van der Waals surface area contributed by atoms with E-state index in [9.17, 15) is 4.79 Å². The minimum Gasteiger partial charge on any atom is -0.360 e. The van der Waals surface area contributed by atoms with Crippen LogP contribution in [-0.2, 0) is 9.53 Å². The number of carbonyl (C=O) groups is 1. The summed E-state index contributed by atoms with van der Waals surface area (Å²) in [6, 6.07) is 0. The average molecular weight is 197 g/mol. The fraction of sp³-hybridized carbons (Fsp3) is 0.556. The molecular formula is C9H11NO2S. The molecule has 0 radical (unpaired) electrons. The van der Waals surface area contributed by atoms with Gasteiger partial charge in [0.2, 0.25) is 0 Å². The first-order valence-corrected chi connectivity index (χ1v) is 5.20. The summed E-state index contributed by atoms with van der Waals surface area (Å²) in [5, 5.41) is 3.01. The summed E-state index contributed by atoms with van der Waals surface area (Å²) in [5.74, 6) is 0. The van der Waals surface area contributed by atoms with Crippen LogP contribution in [0.2, 0.25) is 0 Å². The molecule has 0 aromatic carbocycles. The number of ether oxygens (including phenoxy) is 1. The van der Waals surface area contributed by atoms with Gasteiger partial charge in [-0.3, -0.25) is 0 Å². The Kier molecular flexibility index (Phi) is 2.42. The minimum atomic E-state index is -0.214. The van der Waals surface area contributed by atoms with Crippen molar-refractivity contribution in [1.82, 2.24) is 4.98 Å². The van der Waals surface area contributed by atoms with Crippen molar-refractivity contribution >= 4 is 17.6 Å². The fourth-order valence-corrected chi connectivity index (χ4v) is 2.33. The van der Waals surface area contributed by atoms with Crippen LogP contribution in [0.1, 0.15) is 29.6 Å². The summed E-state index contributed by atoms with van der Waals surface area (Å²) >= 11 is 1.61. The van der Waals surface area contributed by atoms with Gasteiger partial charge >= 0.3 is 0 Å². The van der Waals surface area contributed by atoms with Gasteiger partial charge in [-0.2, -0.15) is 0 Å². The smallest absolute Gasteiger partial charge is 0.148 e. The predicted octanol–water partition coefficient (Wildman–Crippen LogP) is 1.87. The zero-order valence-corrected chi connectivity index (χ0v) is 8.21. The second-order valence-electron chi connectivity index (χ2n) is 3.20. The van der Waals surface area contributed by atoms with Crippen molar-refractivity contribution in [3.63, 3.8) is 0 Å². The van der Waals surface area contributed by atoms with Gasteiger partial charge in [-0.1, -0.05) is 0 Å². The molecule has 1 saturated heterocycles. The molecule has 70 valence electrons. The molecule has 1 fully saturated rings. The predicted molar refractivity (Wildman–Crippen MR) is 49.8 cm³/mol. The fourth-order valence-electron chi connectivity index (χ4n) is 1.46. The second-order valence-corrected chi connectivity index (χ2v) is 4.09. The van der Waals surface area contributed by atoms with Gasteiger partial charge in [-0.05, 0) is 19.8 Å². The van der Waals surface area contributed by atoms with Crippen molar-refractivity contribution in [2.75, 3.05) is 0 Å². The molecule has 3 nitrogen and oxygen atoms in total. The van der Waals surface area contributed by atoms with Crippen molar-refractivity contribution in [1.29, 1.82) is 0 Å². The first kappa shape index (κ1) is 8.84. The number of nitrogens with zero attached hydrogens (tertiary/aromatic N) is 1. The molecule has 0 amide bonds. The van der Waals surface area contributed by atoms with Gasteiger partial charge in [-0.15, -0.1) is 11.3 Å². The number of thiazole rings is 1. The lowest BCUT2D eigenvalue weighted by atomic mass is 10.2. The van der Waals surface area contributed by atoms with E-state index in [2.05, 4.69) is 4.98 Å². The molecule has 1 aliphatic rings. The molecule has 0 aliphatic carbocycles. The Morgan fingerprint density at radius 3 is 3.08 bits per heavy atom. The van der Waals surface area contributed by atoms with Crippen LogP contribution in [0.5, 0.6) is 0 Å². The summed E-state index contributed by atoms with van der Waals surface area (Å²) in [4.78, 5) is 14.8. The minimum absolute atomic E-state index is 0.0499. The Morgan fingerprint density at radius 2 is 2.54 bits per heavy atom. The average Bonchev–Trinajstić information content (AvgIpc) is 2.71. The molecule has 0 N–H and O–H groups in total. The highest BCUT2D eigenvalue weighted by Gasteiger charge is 2.27. The Hall–Kier alpha value is -0.740. The Morgan fingerprint density at radius 1 is 1.69 bits per heavy atom. The quantitative estimate of drug-likeness (QED) is 0.679. The van der Waals surface area contributed by atoms with Gasteiger partial charge in [0, 0.05) is 11.1 Å². The molecule has 2 rings (SSSR count). The SMILES string of the molecule is Cc1csc(C2CCC(C=O)O2)n1. The molecule has 0 spiro atoms. The van der Waals surface area contributed by atoms with E-state index >= 15 is 0 Å². The highest BCUT2D eigenvalue weighted by atomic mass is 32.1. The molecular weight excluding hydrogens is 186 g/mol. The molecule has 1 aromatic rings. The second kappa shape index (κ2) is 3.55. The number of aryl methyl sites for hydroxylation is 1. The molecule has 4 heteroatoms. The Bertz CT molecular complexity index is 310. The van der Waals surface area contributed by atoms with Gasteiger partial charge in [0.25, 0.3) is 0 Å². The number of aromatic nitrogens is 1. The van der Waals surface area contributed by atoms with Crippen LogP contribution in [0.15, 0.2) is 5.38 Å². The number of hydrogen-bond donors (Lipinski definition) is 0. The molecule has 2 atom stereocenters. The summed E-state index contributed by atoms with van der Waals surface area (Å²) in [7, 11) is 0. The van der Waals surface area contributed by atoms with E-state index in [1.807, 2.05) is 12.3 Å². The third-order valence-electron chi connectivity index (χ3n) is 2.12. The van der Waals surface area contributed by atoms with Crippen LogP contribution in [0.25, 0.3) is 0 Å². The number of hydrogen-bond acceptors (Lipinski definition) is 4. The van der Waals surface area contributed by atoms with E-state index < -0.39 is 0 Å². The topological polar surface area (TPSA) is 39.2 Å². The molecule has 0 bridgehead atoms. The van der Waals surface area contributed by atoms with Crippen LogP contribution in [0, 0.1) is 6.92 Å². The first-order chi connectivity index (χ1) is 6.29. The zero-order valence-electron chi connectivity index (χ0n) is 7.40. The van der Waals surface area contributed by atoms with Crippen molar-refractivity contribution < 1.29 is 9.53 Å². The lowest BCUT2D eigenvalue weighted by molar-refractivity contribution is -0.117. The summed E-state index contributed by atoms with van der Waals surface area (Å²) in [5.41, 5.74) is 1.03. The van der Waals surface area contributed by atoms with Crippen LogP contribution >= 0.6 is 11.3 Å². The molecule has 0 saturated carbocycles. The van der Waals surface area contributed by atoms with Gasteiger partial charge in [-0.25, -0.2) is 4.98 Å². The molecule has 13 heavy (non-hydrogen) atoms. The maximum absolute atomic E-state index is 10.4. The lowest BCUT2D eigenvalue weighted by Gasteiger charge is -2.05. The van der Waals surface area contributed by atoms with Gasteiger partial charge in [0.15, 0.2) is 0 Å². The summed E-state index contributed by atoms with van der Waals surface area (Å²) in [6.45, 7) is 1.96. The van der Waals surface area contributed by atoms with Gasteiger partial charge in [0.05, 0.1) is 0 Å². The largest absolute Gasteiger partial charge is 0.360 e. The first-order valence-electron chi connectivity index (χ1n) is 4.32. The van der Waals surface area contributed by atoms with Gasteiger partial charge < -0.3 is 9.53 Å². The van der Waals surface area contributed by atoms with Gasteiger partial charge in [0.1, 0.15) is 23.5 Å².